The van der Waals surface area contributed by atoms with Crippen molar-refractivity contribution in [3.63, 3.8) is 0 Å². The fraction of sp³-hybridized carbons (Fsp3) is 0.368. The van der Waals surface area contributed by atoms with E-state index in [1.807, 2.05) is 26.0 Å². The van der Waals surface area contributed by atoms with Crippen LogP contribution in [0, 0.1) is 0 Å². The van der Waals surface area contributed by atoms with Gasteiger partial charge in [-0.15, -0.1) is 0 Å². The van der Waals surface area contributed by atoms with Crippen molar-refractivity contribution in [1.82, 2.24) is 0 Å². The van der Waals surface area contributed by atoms with Crippen LogP contribution in [-0.2, 0) is 0 Å². The van der Waals surface area contributed by atoms with Gasteiger partial charge in [0.1, 0.15) is 0 Å². The van der Waals surface area contributed by atoms with Gasteiger partial charge >= 0.3 is 0 Å². The summed E-state index contributed by atoms with van der Waals surface area (Å²) in [6, 6.07) is 17.1. The Morgan fingerprint density at radius 2 is 1.48 bits per heavy atom. The van der Waals surface area contributed by atoms with Crippen molar-refractivity contribution < 1.29 is 5.11 Å². The molecule has 0 bridgehead atoms. The molecule has 4 nitrogen and oxygen atoms in total. The summed E-state index contributed by atoms with van der Waals surface area (Å²) < 4.78 is 0. The second-order valence-electron chi connectivity index (χ2n) is 6.04. The fourth-order valence-corrected chi connectivity index (χ4v) is 2.49. The molecule has 0 aliphatic rings. The molecule has 2 aromatic rings. The van der Waals surface area contributed by atoms with Crippen molar-refractivity contribution in [2.75, 3.05) is 49.4 Å². The van der Waals surface area contributed by atoms with Crippen LogP contribution >= 0.6 is 0 Å². The molecule has 0 aliphatic heterocycles. The van der Waals surface area contributed by atoms with Crippen molar-refractivity contribution in [2.24, 2.45) is 0 Å². The van der Waals surface area contributed by atoms with Crippen LogP contribution in [0.15, 0.2) is 48.5 Å². The summed E-state index contributed by atoms with van der Waals surface area (Å²) in [7, 11) is 6.08. The van der Waals surface area contributed by atoms with E-state index >= 15 is 0 Å². The first-order valence-electron chi connectivity index (χ1n) is 7.97. The molecule has 0 aliphatic carbocycles. The Morgan fingerprint density at radius 3 is 2.00 bits per heavy atom. The molecule has 0 radical (unpaired) electrons. The summed E-state index contributed by atoms with van der Waals surface area (Å²) in [5.41, 5.74) is 4.66. The van der Waals surface area contributed by atoms with Crippen LogP contribution in [0.4, 0.5) is 17.1 Å². The number of rotatable bonds is 7. The summed E-state index contributed by atoms with van der Waals surface area (Å²) in [6.07, 6.45) is 0. The highest BCUT2D eigenvalue weighted by molar-refractivity contribution is 5.56. The highest BCUT2D eigenvalue weighted by Crippen LogP contribution is 2.23. The van der Waals surface area contributed by atoms with Gasteiger partial charge in [0.2, 0.25) is 0 Å². The zero-order valence-corrected chi connectivity index (χ0v) is 14.5. The van der Waals surface area contributed by atoms with Crippen molar-refractivity contribution in [2.45, 2.75) is 13.0 Å². The van der Waals surface area contributed by atoms with Crippen molar-refractivity contribution in [3.8, 4) is 0 Å². The standard InChI is InChI=1S/C19H27N3O/c1-15(16-5-9-18(10-6-16)21(2)3)20-17-7-11-19(12-8-17)22(4)13-14-23/h5-12,15,20,23H,13-14H2,1-4H3. The van der Waals surface area contributed by atoms with Crippen LogP contribution in [0.2, 0.25) is 0 Å². The van der Waals surface area contributed by atoms with E-state index in [0.29, 0.717) is 6.54 Å². The van der Waals surface area contributed by atoms with Crippen LogP contribution in [0.25, 0.3) is 0 Å². The Morgan fingerprint density at radius 1 is 0.913 bits per heavy atom. The maximum Gasteiger partial charge on any atom is 0.0606 e. The number of nitrogens with one attached hydrogen (secondary N) is 1. The number of hydrogen-bond acceptors (Lipinski definition) is 4. The Labute approximate surface area is 139 Å². The third-order valence-electron chi connectivity index (χ3n) is 4.04. The van der Waals surface area contributed by atoms with Gasteiger partial charge in [-0.3, -0.25) is 0 Å². The normalized spacial score (nSPS) is 11.9. The summed E-state index contributed by atoms with van der Waals surface area (Å²) in [6.45, 7) is 2.97. The van der Waals surface area contributed by atoms with Crippen LogP contribution in [0.3, 0.4) is 0 Å². The molecular weight excluding hydrogens is 286 g/mol. The minimum absolute atomic E-state index is 0.163. The van der Waals surface area contributed by atoms with Gasteiger partial charge in [0.15, 0.2) is 0 Å². The smallest absolute Gasteiger partial charge is 0.0606 e. The van der Waals surface area contributed by atoms with Crippen LogP contribution in [-0.4, -0.2) is 39.4 Å². The maximum atomic E-state index is 8.99. The Bertz CT molecular complexity index is 593. The second kappa shape index (κ2) is 7.88. The van der Waals surface area contributed by atoms with E-state index in [0.717, 1.165) is 11.4 Å². The molecule has 4 heteroatoms. The molecule has 0 saturated heterocycles. The number of anilines is 3. The van der Waals surface area contributed by atoms with E-state index in [1.165, 1.54) is 11.3 Å². The SMILES string of the molecule is CC(Nc1ccc(N(C)CCO)cc1)c1ccc(N(C)C)cc1. The summed E-state index contributed by atoms with van der Waals surface area (Å²) in [5, 5.41) is 12.5. The number of benzene rings is 2. The van der Waals surface area contributed by atoms with E-state index in [4.69, 9.17) is 5.11 Å². The van der Waals surface area contributed by atoms with E-state index in [9.17, 15) is 0 Å². The molecule has 23 heavy (non-hydrogen) atoms. The van der Waals surface area contributed by atoms with Gasteiger partial charge in [-0.2, -0.15) is 0 Å². The number of likely N-dealkylation sites (N-methyl/N-ethyl adjacent to an activating group) is 1. The molecular formula is C19H27N3O. The minimum atomic E-state index is 0.163. The zero-order valence-electron chi connectivity index (χ0n) is 14.5. The lowest BCUT2D eigenvalue weighted by molar-refractivity contribution is 0.304. The molecule has 1 unspecified atom stereocenters. The average molecular weight is 313 g/mol. The molecule has 2 rings (SSSR count). The molecule has 1 atom stereocenters. The predicted octanol–water partition coefficient (Wildman–Crippen LogP) is 3.35. The minimum Gasteiger partial charge on any atom is -0.395 e. The molecule has 2 aromatic carbocycles. The quantitative estimate of drug-likeness (QED) is 0.822. The summed E-state index contributed by atoms with van der Waals surface area (Å²) in [4.78, 5) is 4.14. The predicted molar refractivity (Wildman–Crippen MR) is 99.6 cm³/mol. The zero-order chi connectivity index (χ0) is 16.8. The number of hydrogen-bond donors (Lipinski definition) is 2. The topological polar surface area (TPSA) is 38.7 Å². The van der Waals surface area contributed by atoms with Gasteiger partial charge in [-0.25, -0.2) is 0 Å². The number of aliphatic hydroxyl groups excluding tert-OH is 1. The van der Waals surface area contributed by atoms with Crippen molar-refractivity contribution >= 4 is 17.1 Å². The van der Waals surface area contributed by atoms with E-state index < -0.39 is 0 Å². The van der Waals surface area contributed by atoms with Gasteiger partial charge in [0.25, 0.3) is 0 Å². The molecule has 124 valence electrons. The van der Waals surface area contributed by atoms with E-state index in [2.05, 4.69) is 65.7 Å². The monoisotopic (exact) mass is 313 g/mol. The van der Waals surface area contributed by atoms with Crippen LogP contribution in [0.5, 0.6) is 0 Å². The largest absolute Gasteiger partial charge is 0.395 e. The Kier molecular flexibility index (Phi) is 5.88. The molecule has 0 saturated carbocycles. The van der Waals surface area contributed by atoms with Gasteiger partial charge in [0, 0.05) is 50.8 Å². The van der Waals surface area contributed by atoms with Crippen molar-refractivity contribution in [3.05, 3.63) is 54.1 Å². The van der Waals surface area contributed by atoms with Crippen LogP contribution in [0.1, 0.15) is 18.5 Å². The van der Waals surface area contributed by atoms with Crippen molar-refractivity contribution in [1.29, 1.82) is 0 Å². The fourth-order valence-electron chi connectivity index (χ4n) is 2.49. The molecule has 2 N–H and O–H groups in total. The van der Waals surface area contributed by atoms with Gasteiger partial charge in [-0.1, -0.05) is 12.1 Å². The third-order valence-corrected chi connectivity index (χ3v) is 4.04. The maximum absolute atomic E-state index is 8.99. The molecule has 0 aromatic heterocycles. The lowest BCUT2D eigenvalue weighted by Gasteiger charge is -2.20. The molecule has 0 heterocycles. The first-order chi connectivity index (χ1) is 11.0. The lowest BCUT2D eigenvalue weighted by Crippen LogP contribution is -2.20. The average Bonchev–Trinajstić information content (AvgIpc) is 2.55. The van der Waals surface area contributed by atoms with Crippen LogP contribution < -0.4 is 15.1 Å². The number of nitrogens with zero attached hydrogens (tertiary/aromatic N) is 2. The van der Waals surface area contributed by atoms with E-state index in [-0.39, 0.29) is 12.6 Å². The van der Waals surface area contributed by atoms with E-state index in [1.54, 1.807) is 0 Å². The lowest BCUT2D eigenvalue weighted by atomic mass is 10.1. The molecule has 0 fully saturated rings. The first kappa shape index (κ1) is 17.2. The second-order valence-corrected chi connectivity index (χ2v) is 6.04. The molecule has 0 spiro atoms. The Balaban J connectivity index is 2.00. The summed E-state index contributed by atoms with van der Waals surface area (Å²) in [5.74, 6) is 0. The Hall–Kier alpha value is -2.20. The third kappa shape index (κ3) is 4.63. The number of aliphatic hydroxyl groups is 1. The summed E-state index contributed by atoms with van der Waals surface area (Å²) >= 11 is 0. The van der Waals surface area contributed by atoms with Gasteiger partial charge in [-0.05, 0) is 48.9 Å². The van der Waals surface area contributed by atoms with Gasteiger partial charge < -0.3 is 20.2 Å². The van der Waals surface area contributed by atoms with Gasteiger partial charge in [0.05, 0.1) is 6.61 Å². The highest BCUT2D eigenvalue weighted by atomic mass is 16.3. The first-order valence-corrected chi connectivity index (χ1v) is 7.97. The molecule has 0 amide bonds. The highest BCUT2D eigenvalue weighted by Gasteiger charge is 2.06.